The molecule has 0 aromatic heterocycles. The predicted molar refractivity (Wildman–Crippen MR) is 96.7 cm³/mol. The van der Waals surface area contributed by atoms with Gasteiger partial charge in [-0.2, -0.15) is 0 Å². The van der Waals surface area contributed by atoms with Crippen molar-refractivity contribution in [2.75, 3.05) is 25.0 Å². The van der Waals surface area contributed by atoms with Crippen LogP contribution in [0.4, 0.5) is 5.69 Å². The molecule has 26 heavy (non-hydrogen) atoms. The highest BCUT2D eigenvalue weighted by molar-refractivity contribution is 5.97. The van der Waals surface area contributed by atoms with Crippen LogP contribution in [0, 0.1) is 12.3 Å². The molecule has 7 nitrogen and oxygen atoms in total. The molecule has 3 N–H and O–H groups in total. The van der Waals surface area contributed by atoms with Crippen molar-refractivity contribution in [3.05, 3.63) is 29.3 Å². The standard InChI is InChI=1S/C19H25N3O4/c1-12-3-4-14(9-16(12)21-13(2)23)17(25)22-7-5-19(6-8-22)10-15(24)11-20-18(19)26/h3-4,9,15,24H,5-8,10-11H2,1-2H3,(H,20,26)(H,21,23). The Morgan fingerprint density at radius 3 is 2.65 bits per heavy atom. The van der Waals surface area contributed by atoms with E-state index in [2.05, 4.69) is 10.6 Å². The zero-order chi connectivity index (χ0) is 18.9. The first-order chi connectivity index (χ1) is 12.3. The van der Waals surface area contributed by atoms with E-state index in [1.807, 2.05) is 13.0 Å². The Labute approximate surface area is 152 Å². The van der Waals surface area contributed by atoms with Gasteiger partial charge >= 0.3 is 0 Å². The van der Waals surface area contributed by atoms with Gasteiger partial charge in [0.05, 0.1) is 11.5 Å². The average molecular weight is 359 g/mol. The molecule has 2 saturated heterocycles. The van der Waals surface area contributed by atoms with E-state index in [0.29, 0.717) is 50.1 Å². The SMILES string of the molecule is CC(=O)Nc1cc(C(=O)N2CCC3(CC2)CC(O)CNC3=O)ccc1C. The van der Waals surface area contributed by atoms with Crippen molar-refractivity contribution in [2.45, 2.75) is 39.2 Å². The first-order valence-corrected chi connectivity index (χ1v) is 8.95. The number of nitrogens with zero attached hydrogens (tertiary/aromatic N) is 1. The first-order valence-electron chi connectivity index (χ1n) is 8.95. The summed E-state index contributed by atoms with van der Waals surface area (Å²) in [7, 11) is 0. The van der Waals surface area contributed by atoms with E-state index in [4.69, 9.17) is 0 Å². The molecular weight excluding hydrogens is 334 g/mol. The molecule has 0 bridgehead atoms. The summed E-state index contributed by atoms with van der Waals surface area (Å²) in [5, 5.41) is 15.4. The van der Waals surface area contributed by atoms with Crippen molar-refractivity contribution < 1.29 is 19.5 Å². The maximum absolute atomic E-state index is 12.8. The van der Waals surface area contributed by atoms with Gasteiger partial charge in [-0.05, 0) is 43.9 Å². The van der Waals surface area contributed by atoms with E-state index >= 15 is 0 Å². The third kappa shape index (κ3) is 3.58. The maximum atomic E-state index is 12.8. The van der Waals surface area contributed by atoms with Gasteiger partial charge < -0.3 is 20.6 Å². The van der Waals surface area contributed by atoms with Crippen LogP contribution in [-0.4, -0.2) is 53.5 Å². The number of rotatable bonds is 2. The molecular formula is C19H25N3O4. The van der Waals surface area contributed by atoms with Crippen LogP contribution in [0.3, 0.4) is 0 Å². The van der Waals surface area contributed by atoms with Crippen molar-refractivity contribution in [3.63, 3.8) is 0 Å². The normalized spacial score (nSPS) is 22.0. The number of hydrogen-bond acceptors (Lipinski definition) is 4. The molecule has 2 aliphatic heterocycles. The number of piperidine rings is 2. The summed E-state index contributed by atoms with van der Waals surface area (Å²) in [6.45, 7) is 4.56. The third-order valence-corrected chi connectivity index (χ3v) is 5.41. The number of carbonyl (C=O) groups is 3. The minimum absolute atomic E-state index is 0.0156. The summed E-state index contributed by atoms with van der Waals surface area (Å²) in [6.07, 6.45) is 1.03. The van der Waals surface area contributed by atoms with Crippen LogP contribution in [0.15, 0.2) is 18.2 Å². The molecule has 0 aliphatic carbocycles. The minimum atomic E-state index is -0.566. The van der Waals surface area contributed by atoms with Crippen LogP contribution in [0.25, 0.3) is 0 Å². The molecule has 2 heterocycles. The number of hydrogen-bond donors (Lipinski definition) is 3. The van der Waals surface area contributed by atoms with E-state index in [-0.39, 0.29) is 17.7 Å². The maximum Gasteiger partial charge on any atom is 0.253 e. The minimum Gasteiger partial charge on any atom is -0.391 e. The summed E-state index contributed by atoms with van der Waals surface area (Å²) in [4.78, 5) is 38.2. The van der Waals surface area contributed by atoms with Crippen LogP contribution in [-0.2, 0) is 9.59 Å². The van der Waals surface area contributed by atoms with Gasteiger partial charge in [-0.15, -0.1) is 0 Å². The topological polar surface area (TPSA) is 98.7 Å². The molecule has 0 saturated carbocycles. The first kappa shape index (κ1) is 18.4. The fourth-order valence-corrected chi connectivity index (χ4v) is 3.84. The van der Waals surface area contributed by atoms with Gasteiger partial charge in [-0.3, -0.25) is 14.4 Å². The number of aliphatic hydroxyl groups is 1. The number of benzene rings is 1. The van der Waals surface area contributed by atoms with Crippen molar-refractivity contribution in [2.24, 2.45) is 5.41 Å². The van der Waals surface area contributed by atoms with Crippen molar-refractivity contribution in [1.82, 2.24) is 10.2 Å². The lowest BCUT2D eigenvalue weighted by Gasteiger charge is -2.44. The van der Waals surface area contributed by atoms with Crippen LogP contribution in [0.1, 0.15) is 42.1 Å². The third-order valence-electron chi connectivity index (χ3n) is 5.41. The number of nitrogens with one attached hydrogen (secondary N) is 2. The van der Waals surface area contributed by atoms with Crippen LogP contribution < -0.4 is 10.6 Å². The highest BCUT2D eigenvalue weighted by Crippen LogP contribution is 2.38. The van der Waals surface area contributed by atoms with Crippen molar-refractivity contribution in [3.8, 4) is 0 Å². The lowest BCUT2D eigenvalue weighted by Crippen LogP contribution is -2.56. The van der Waals surface area contributed by atoms with Gasteiger partial charge in [-0.1, -0.05) is 6.07 Å². The van der Waals surface area contributed by atoms with Gasteiger partial charge in [0.15, 0.2) is 0 Å². The van der Waals surface area contributed by atoms with Crippen molar-refractivity contribution in [1.29, 1.82) is 0 Å². The van der Waals surface area contributed by atoms with Crippen molar-refractivity contribution >= 4 is 23.4 Å². The molecule has 7 heteroatoms. The van der Waals surface area contributed by atoms with E-state index in [1.54, 1.807) is 17.0 Å². The van der Waals surface area contributed by atoms with E-state index in [9.17, 15) is 19.5 Å². The molecule has 2 fully saturated rings. The summed E-state index contributed by atoms with van der Waals surface area (Å²) < 4.78 is 0. The van der Waals surface area contributed by atoms with Crippen LogP contribution in [0.5, 0.6) is 0 Å². The van der Waals surface area contributed by atoms with Gasteiger partial charge in [0.2, 0.25) is 11.8 Å². The number of anilines is 1. The largest absolute Gasteiger partial charge is 0.391 e. The van der Waals surface area contributed by atoms with E-state index < -0.39 is 11.5 Å². The van der Waals surface area contributed by atoms with Crippen LogP contribution in [0.2, 0.25) is 0 Å². The van der Waals surface area contributed by atoms with Gasteiger partial charge in [0, 0.05) is 37.8 Å². The molecule has 2 aliphatic rings. The highest BCUT2D eigenvalue weighted by atomic mass is 16.3. The monoisotopic (exact) mass is 359 g/mol. The van der Waals surface area contributed by atoms with Gasteiger partial charge in [0.25, 0.3) is 5.91 Å². The molecule has 1 atom stereocenters. The summed E-state index contributed by atoms with van der Waals surface area (Å²) in [6, 6.07) is 5.26. The highest BCUT2D eigenvalue weighted by Gasteiger charge is 2.45. The second kappa shape index (κ2) is 7.07. The Morgan fingerprint density at radius 1 is 1.31 bits per heavy atom. The summed E-state index contributed by atoms with van der Waals surface area (Å²) >= 11 is 0. The molecule has 3 rings (SSSR count). The lowest BCUT2D eigenvalue weighted by molar-refractivity contribution is -0.140. The molecule has 1 spiro atoms. The molecule has 1 aromatic rings. The Kier molecular flexibility index (Phi) is 5.00. The second-order valence-corrected chi connectivity index (χ2v) is 7.35. The van der Waals surface area contributed by atoms with E-state index in [0.717, 1.165) is 5.56 Å². The lowest BCUT2D eigenvalue weighted by atomic mass is 9.71. The Hall–Kier alpha value is -2.41. The van der Waals surface area contributed by atoms with Gasteiger partial charge in [0.1, 0.15) is 0 Å². The number of likely N-dealkylation sites (tertiary alicyclic amines) is 1. The molecule has 1 unspecified atom stereocenters. The van der Waals surface area contributed by atoms with Gasteiger partial charge in [-0.25, -0.2) is 0 Å². The van der Waals surface area contributed by atoms with E-state index in [1.165, 1.54) is 6.92 Å². The fourth-order valence-electron chi connectivity index (χ4n) is 3.84. The Morgan fingerprint density at radius 2 is 2.00 bits per heavy atom. The molecule has 140 valence electrons. The fraction of sp³-hybridized carbons (Fsp3) is 0.526. The van der Waals surface area contributed by atoms with Crippen LogP contribution >= 0.6 is 0 Å². The number of carbonyl (C=O) groups excluding carboxylic acids is 3. The number of aliphatic hydroxyl groups excluding tert-OH is 1. The Balaban J connectivity index is 1.71. The zero-order valence-electron chi connectivity index (χ0n) is 15.2. The summed E-state index contributed by atoms with van der Waals surface area (Å²) in [5.41, 5.74) is 1.47. The number of aryl methyl sites for hydroxylation is 1. The number of amides is 3. The molecule has 0 radical (unpaired) electrons. The smallest absolute Gasteiger partial charge is 0.253 e. The number of β-amino-alcohol motifs (C(OH)–C–C–N with tert-alkyl or cyclic N) is 1. The summed E-state index contributed by atoms with van der Waals surface area (Å²) in [5.74, 6) is -0.305. The zero-order valence-corrected chi connectivity index (χ0v) is 15.2. The molecule has 3 amide bonds. The Bertz CT molecular complexity index is 738. The molecule has 1 aromatic carbocycles. The quantitative estimate of drug-likeness (QED) is 0.735. The average Bonchev–Trinajstić information content (AvgIpc) is 2.60. The second-order valence-electron chi connectivity index (χ2n) is 7.35. The predicted octanol–water partition coefficient (Wildman–Crippen LogP) is 1.06.